The second-order valence-corrected chi connectivity index (χ2v) is 7.60. The van der Waals surface area contributed by atoms with Crippen molar-refractivity contribution in [2.45, 2.75) is 39.2 Å². The number of carbonyl (C=O) groups is 1. The molecule has 0 aliphatic carbocycles. The molecule has 0 aromatic heterocycles. The first-order valence-corrected chi connectivity index (χ1v) is 8.61. The summed E-state index contributed by atoms with van der Waals surface area (Å²) in [6, 6.07) is 7.41. The van der Waals surface area contributed by atoms with Crippen LogP contribution in [0.3, 0.4) is 0 Å². The topological polar surface area (TPSA) is 64.4 Å². The Bertz CT molecular complexity index is 528. The minimum atomic E-state index is -0.444. The van der Waals surface area contributed by atoms with Gasteiger partial charge in [-0.1, -0.05) is 37.6 Å². The zero-order chi connectivity index (χ0) is 16.9. The molecule has 1 aliphatic rings. The van der Waals surface area contributed by atoms with Crippen LogP contribution in [-0.2, 0) is 16.0 Å². The van der Waals surface area contributed by atoms with E-state index < -0.39 is 6.04 Å². The molecule has 1 fully saturated rings. The minimum Gasteiger partial charge on any atom is -0.381 e. The number of hydrogen-bond donors (Lipinski definition) is 2. The molecule has 4 nitrogen and oxygen atoms in total. The van der Waals surface area contributed by atoms with Crippen molar-refractivity contribution in [3.05, 3.63) is 34.9 Å². The Balaban J connectivity index is 1.84. The zero-order valence-corrected chi connectivity index (χ0v) is 14.7. The van der Waals surface area contributed by atoms with Gasteiger partial charge in [0.25, 0.3) is 0 Å². The SMILES string of the molecule is CC(C)(CNC(=O)C(N)C1CCOCC1)Cc1cccc(Cl)c1. The van der Waals surface area contributed by atoms with Crippen LogP contribution in [0.1, 0.15) is 32.3 Å². The molecule has 5 heteroatoms. The maximum Gasteiger partial charge on any atom is 0.237 e. The van der Waals surface area contributed by atoms with E-state index in [0.717, 1.165) is 24.3 Å². The van der Waals surface area contributed by atoms with Crippen molar-refractivity contribution < 1.29 is 9.53 Å². The van der Waals surface area contributed by atoms with Gasteiger partial charge in [-0.15, -0.1) is 0 Å². The van der Waals surface area contributed by atoms with Gasteiger partial charge in [0.05, 0.1) is 6.04 Å². The molecule has 1 unspecified atom stereocenters. The van der Waals surface area contributed by atoms with Gasteiger partial charge >= 0.3 is 0 Å². The molecule has 2 rings (SSSR count). The number of hydrogen-bond acceptors (Lipinski definition) is 3. The summed E-state index contributed by atoms with van der Waals surface area (Å²) in [7, 11) is 0. The standard InChI is InChI=1S/C18H27ClN2O2/c1-18(2,11-13-4-3-5-15(19)10-13)12-21-17(22)16(20)14-6-8-23-9-7-14/h3-5,10,14,16H,6-9,11-12,20H2,1-2H3,(H,21,22). The van der Waals surface area contributed by atoms with E-state index in [-0.39, 0.29) is 17.2 Å². The lowest BCUT2D eigenvalue weighted by atomic mass is 9.85. The fourth-order valence-electron chi connectivity index (χ4n) is 3.00. The molecule has 1 saturated heterocycles. The quantitative estimate of drug-likeness (QED) is 0.838. The van der Waals surface area contributed by atoms with Crippen LogP contribution < -0.4 is 11.1 Å². The Hall–Kier alpha value is -1.10. The molecular weight excluding hydrogens is 312 g/mol. The molecule has 0 saturated carbocycles. The smallest absolute Gasteiger partial charge is 0.237 e. The van der Waals surface area contributed by atoms with E-state index in [1.165, 1.54) is 5.56 Å². The third-order valence-electron chi connectivity index (χ3n) is 4.39. The summed E-state index contributed by atoms with van der Waals surface area (Å²) in [6.45, 7) is 6.26. The highest BCUT2D eigenvalue weighted by atomic mass is 35.5. The second kappa shape index (κ2) is 8.13. The van der Waals surface area contributed by atoms with Crippen LogP contribution in [0.4, 0.5) is 0 Å². The van der Waals surface area contributed by atoms with Gasteiger partial charge in [-0.3, -0.25) is 4.79 Å². The van der Waals surface area contributed by atoms with E-state index in [0.29, 0.717) is 19.8 Å². The van der Waals surface area contributed by atoms with Crippen LogP contribution >= 0.6 is 11.6 Å². The van der Waals surface area contributed by atoms with Crippen LogP contribution in [0.5, 0.6) is 0 Å². The highest BCUT2D eigenvalue weighted by Gasteiger charge is 2.28. The largest absolute Gasteiger partial charge is 0.381 e. The molecule has 3 N–H and O–H groups in total. The number of halogens is 1. The average Bonchev–Trinajstić information content (AvgIpc) is 2.52. The molecule has 1 amide bonds. The van der Waals surface area contributed by atoms with Crippen molar-refractivity contribution in [1.82, 2.24) is 5.32 Å². The fourth-order valence-corrected chi connectivity index (χ4v) is 3.21. The van der Waals surface area contributed by atoms with Crippen LogP contribution in [-0.4, -0.2) is 31.7 Å². The van der Waals surface area contributed by atoms with Crippen molar-refractivity contribution >= 4 is 17.5 Å². The third kappa shape index (κ3) is 5.79. The zero-order valence-electron chi connectivity index (χ0n) is 14.0. The maximum atomic E-state index is 12.3. The van der Waals surface area contributed by atoms with E-state index >= 15 is 0 Å². The summed E-state index contributed by atoms with van der Waals surface area (Å²) in [5.41, 5.74) is 7.22. The van der Waals surface area contributed by atoms with Crippen LogP contribution in [0.2, 0.25) is 5.02 Å². The number of rotatable bonds is 6. The van der Waals surface area contributed by atoms with E-state index in [1.807, 2.05) is 18.2 Å². The van der Waals surface area contributed by atoms with Crippen molar-refractivity contribution in [1.29, 1.82) is 0 Å². The van der Waals surface area contributed by atoms with Gasteiger partial charge in [0.2, 0.25) is 5.91 Å². The van der Waals surface area contributed by atoms with Crippen molar-refractivity contribution in [3.8, 4) is 0 Å². The number of nitrogens with two attached hydrogens (primary N) is 1. The molecule has 1 heterocycles. The second-order valence-electron chi connectivity index (χ2n) is 7.16. The van der Waals surface area contributed by atoms with Crippen molar-refractivity contribution in [3.63, 3.8) is 0 Å². The predicted molar refractivity (Wildman–Crippen MR) is 93.5 cm³/mol. The molecule has 1 aliphatic heterocycles. The summed E-state index contributed by atoms with van der Waals surface area (Å²) < 4.78 is 5.32. The first-order valence-electron chi connectivity index (χ1n) is 8.23. The normalized spacial score (nSPS) is 17.7. The summed E-state index contributed by atoms with van der Waals surface area (Å²) in [4.78, 5) is 12.3. The van der Waals surface area contributed by atoms with Crippen LogP contribution in [0, 0.1) is 11.3 Å². The Morgan fingerprint density at radius 3 is 2.78 bits per heavy atom. The van der Waals surface area contributed by atoms with Crippen molar-refractivity contribution in [2.24, 2.45) is 17.1 Å². The minimum absolute atomic E-state index is 0.0592. The lowest BCUT2D eigenvalue weighted by Gasteiger charge is -2.29. The predicted octanol–water partition coefficient (Wildman–Crippen LogP) is 2.78. The number of nitrogens with one attached hydrogen (secondary N) is 1. The molecule has 1 aromatic rings. The first-order chi connectivity index (χ1) is 10.9. The van der Waals surface area contributed by atoms with Gasteiger partial charge in [0.1, 0.15) is 0 Å². The molecule has 0 spiro atoms. The molecule has 128 valence electrons. The van der Waals surface area contributed by atoms with E-state index in [2.05, 4.69) is 25.2 Å². The average molecular weight is 339 g/mol. The van der Waals surface area contributed by atoms with Gasteiger partial charge < -0.3 is 15.8 Å². The summed E-state index contributed by atoms with van der Waals surface area (Å²) >= 11 is 6.03. The number of amides is 1. The summed E-state index contributed by atoms with van der Waals surface area (Å²) in [6.07, 6.45) is 2.57. The molecule has 0 bridgehead atoms. The molecule has 0 radical (unpaired) electrons. The van der Waals surface area contributed by atoms with Gasteiger partial charge in [0, 0.05) is 24.8 Å². The first kappa shape index (κ1) is 18.2. The molecule has 23 heavy (non-hydrogen) atoms. The van der Waals surface area contributed by atoms with Crippen molar-refractivity contribution in [2.75, 3.05) is 19.8 Å². The van der Waals surface area contributed by atoms with Crippen LogP contribution in [0.15, 0.2) is 24.3 Å². The Morgan fingerprint density at radius 1 is 1.43 bits per heavy atom. The highest BCUT2D eigenvalue weighted by Crippen LogP contribution is 2.23. The summed E-state index contributed by atoms with van der Waals surface area (Å²) in [5, 5.41) is 3.76. The van der Waals surface area contributed by atoms with Crippen LogP contribution in [0.25, 0.3) is 0 Å². The molecule has 1 atom stereocenters. The Labute approximate surface area is 143 Å². The molecular formula is C18H27ClN2O2. The highest BCUT2D eigenvalue weighted by molar-refractivity contribution is 6.30. The fraction of sp³-hybridized carbons (Fsp3) is 0.611. The molecule has 1 aromatic carbocycles. The van der Waals surface area contributed by atoms with E-state index in [4.69, 9.17) is 22.1 Å². The van der Waals surface area contributed by atoms with Gasteiger partial charge in [-0.2, -0.15) is 0 Å². The number of benzene rings is 1. The van der Waals surface area contributed by atoms with Gasteiger partial charge in [0.15, 0.2) is 0 Å². The van der Waals surface area contributed by atoms with E-state index in [9.17, 15) is 4.79 Å². The number of ether oxygens (including phenoxy) is 1. The lowest BCUT2D eigenvalue weighted by molar-refractivity contribution is -0.124. The third-order valence-corrected chi connectivity index (χ3v) is 4.62. The summed E-state index contributed by atoms with van der Waals surface area (Å²) in [5.74, 6) is 0.163. The Kier molecular flexibility index (Phi) is 6.45. The Morgan fingerprint density at radius 2 is 2.13 bits per heavy atom. The number of carbonyl (C=O) groups excluding carboxylic acids is 1. The van der Waals surface area contributed by atoms with E-state index in [1.54, 1.807) is 0 Å². The maximum absolute atomic E-state index is 12.3. The lowest BCUT2D eigenvalue weighted by Crippen LogP contribution is -2.49. The monoisotopic (exact) mass is 338 g/mol. The van der Waals surface area contributed by atoms with Gasteiger partial charge in [-0.05, 0) is 48.3 Å². The van der Waals surface area contributed by atoms with Gasteiger partial charge in [-0.25, -0.2) is 0 Å².